The maximum atomic E-state index is 10.6. The largest absolute Gasteiger partial charge is 0.481 e. The zero-order valence-corrected chi connectivity index (χ0v) is 7.94. The van der Waals surface area contributed by atoms with E-state index in [-0.39, 0.29) is 19.6 Å². The van der Waals surface area contributed by atoms with Gasteiger partial charge in [0.2, 0.25) is 0 Å². The highest BCUT2D eigenvalue weighted by Crippen LogP contribution is 2.20. The maximum absolute atomic E-state index is 10.6. The van der Waals surface area contributed by atoms with E-state index in [2.05, 4.69) is 4.18 Å². The molecular formula is C6H10O7S. The first kappa shape index (κ1) is 11.4. The number of rotatable bonds is 3. The molecule has 1 aliphatic heterocycles. The van der Waals surface area contributed by atoms with Crippen LogP contribution in [0.4, 0.5) is 0 Å². The van der Waals surface area contributed by atoms with Gasteiger partial charge in [0.15, 0.2) is 0 Å². The third-order valence-electron chi connectivity index (χ3n) is 1.87. The molecule has 7 nitrogen and oxygen atoms in total. The monoisotopic (exact) mass is 226 g/mol. The number of ether oxygens (including phenoxy) is 1. The van der Waals surface area contributed by atoms with E-state index >= 15 is 0 Å². The molecule has 0 radical (unpaired) electrons. The number of carbonyl (C=O) groups is 1. The molecule has 0 aromatic rings. The Hall–Kier alpha value is -0.700. The normalized spacial score (nSPS) is 28.6. The highest BCUT2D eigenvalue weighted by Gasteiger charge is 2.35. The molecule has 1 heterocycles. The number of carboxylic acid groups (broad SMARTS) is 1. The minimum Gasteiger partial charge on any atom is -0.481 e. The van der Waals surface area contributed by atoms with Crippen molar-refractivity contribution in [2.24, 2.45) is 5.92 Å². The lowest BCUT2D eigenvalue weighted by atomic mass is 9.98. The quantitative estimate of drug-likeness (QED) is 0.612. The smallest absolute Gasteiger partial charge is 0.397 e. The molecule has 1 aliphatic rings. The Kier molecular flexibility index (Phi) is 3.43. The number of aliphatic carboxylic acids is 1. The van der Waals surface area contributed by atoms with Gasteiger partial charge in [0.25, 0.3) is 0 Å². The van der Waals surface area contributed by atoms with Crippen LogP contribution >= 0.6 is 0 Å². The van der Waals surface area contributed by atoms with Crippen LogP contribution in [0.25, 0.3) is 0 Å². The first-order valence-corrected chi connectivity index (χ1v) is 5.23. The second kappa shape index (κ2) is 4.22. The van der Waals surface area contributed by atoms with Crippen molar-refractivity contribution in [3.05, 3.63) is 0 Å². The number of hydrogen-bond donors (Lipinski definition) is 2. The average Bonchev–Trinajstić information content (AvgIpc) is 2.01. The summed E-state index contributed by atoms with van der Waals surface area (Å²) in [5, 5.41) is 8.69. The molecule has 0 spiro atoms. The molecule has 0 aromatic heterocycles. The molecule has 0 aromatic carbocycles. The molecule has 0 aliphatic carbocycles. The highest BCUT2D eigenvalue weighted by atomic mass is 32.3. The average molecular weight is 226 g/mol. The lowest BCUT2D eigenvalue weighted by Gasteiger charge is -2.26. The van der Waals surface area contributed by atoms with Crippen LogP contribution in [-0.2, 0) is 24.1 Å². The van der Waals surface area contributed by atoms with Crippen LogP contribution in [-0.4, -0.2) is 43.4 Å². The predicted octanol–water partition coefficient (Wildman–Crippen LogP) is -0.704. The summed E-state index contributed by atoms with van der Waals surface area (Å²) < 4.78 is 38.1. The van der Waals surface area contributed by atoms with Crippen LogP contribution in [0.5, 0.6) is 0 Å². The van der Waals surface area contributed by atoms with Crippen LogP contribution in [0.2, 0.25) is 0 Å². The SMILES string of the molecule is O=C(O)C1CCOCC1OS(=O)(=O)O. The van der Waals surface area contributed by atoms with Crippen molar-refractivity contribution < 1.29 is 31.8 Å². The van der Waals surface area contributed by atoms with E-state index in [0.29, 0.717) is 0 Å². The highest BCUT2D eigenvalue weighted by molar-refractivity contribution is 7.80. The van der Waals surface area contributed by atoms with Gasteiger partial charge < -0.3 is 9.84 Å². The summed E-state index contributed by atoms with van der Waals surface area (Å²) in [4.78, 5) is 10.6. The van der Waals surface area contributed by atoms with Crippen molar-refractivity contribution >= 4 is 16.4 Å². The van der Waals surface area contributed by atoms with Gasteiger partial charge in [-0.2, -0.15) is 8.42 Å². The summed E-state index contributed by atoms with van der Waals surface area (Å²) in [5.74, 6) is -2.13. The molecule has 2 N–H and O–H groups in total. The van der Waals surface area contributed by atoms with Gasteiger partial charge >= 0.3 is 16.4 Å². The second-order valence-corrected chi connectivity index (χ2v) is 3.92. The number of carboxylic acids is 1. The van der Waals surface area contributed by atoms with Crippen molar-refractivity contribution in [1.82, 2.24) is 0 Å². The Morgan fingerprint density at radius 1 is 1.50 bits per heavy atom. The van der Waals surface area contributed by atoms with E-state index < -0.39 is 28.4 Å². The molecule has 1 fully saturated rings. The molecule has 0 saturated carbocycles. The van der Waals surface area contributed by atoms with Crippen molar-refractivity contribution in [1.29, 1.82) is 0 Å². The predicted molar refractivity (Wildman–Crippen MR) is 43.0 cm³/mol. The summed E-state index contributed by atoms with van der Waals surface area (Å²) in [6.07, 6.45) is -0.994. The molecular weight excluding hydrogens is 216 g/mol. The second-order valence-electron chi connectivity index (χ2n) is 2.87. The van der Waals surface area contributed by atoms with Gasteiger partial charge in [-0.25, -0.2) is 4.18 Å². The summed E-state index contributed by atoms with van der Waals surface area (Å²) in [6.45, 7) is 0.0824. The van der Waals surface area contributed by atoms with Gasteiger partial charge in [0, 0.05) is 6.61 Å². The lowest BCUT2D eigenvalue weighted by molar-refractivity contribution is -0.151. The molecule has 2 atom stereocenters. The Labute approximate surface area is 80.6 Å². The van der Waals surface area contributed by atoms with Gasteiger partial charge in [-0.15, -0.1) is 0 Å². The van der Waals surface area contributed by atoms with E-state index in [4.69, 9.17) is 14.4 Å². The van der Waals surface area contributed by atoms with Crippen LogP contribution in [0, 0.1) is 5.92 Å². The minimum absolute atomic E-state index is 0.156. The number of hydrogen-bond acceptors (Lipinski definition) is 5. The molecule has 82 valence electrons. The molecule has 0 bridgehead atoms. The van der Waals surface area contributed by atoms with Gasteiger partial charge in [0.1, 0.15) is 6.10 Å². The van der Waals surface area contributed by atoms with Gasteiger partial charge in [-0.1, -0.05) is 0 Å². The molecule has 8 heteroatoms. The Morgan fingerprint density at radius 3 is 2.64 bits per heavy atom. The van der Waals surface area contributed by atoms with E-state index in [1.165, 1.54) is 0 Å². The van der Waals surface area contributed by atoms with Crippen molar-refractivity contribution in [2.75, 3.05) is 13.2 Å². The Morgan fingerprint density at radius 2 is 2.14 bits per heavy atom. The van der Waals surface area contributed by atoms with Gasteiger partial charge in [-0.05, 0) is 6.42 Å². The standard InChI is InChI=1S/C6H10O7S/c7-6(8)4-1-2-12-3-5(4)13-14(9,10)11/h4-5H,1-3H2,(H,7,8)(H,9,10,11). The first-order chi connectivity index (χ1) is 6.40. The van der Waals surface area contributed by atoms with Gasteiger partial charge in [0.05, 0.1) is 12.5 Å². The zero-order chi connectivity index (χ0) is 10.8. The van der Waals surface area contributed by atoms with Crippen LogP contribution in [0.3, 0.4) is 0 Å². The molecule has 1 rings (SSSR count). The van der Waals surface area contributed by atoms with Gasteiger partial charge in [-0.3, -0.25) is 9.35 Å². The van der Waals surface area contributed by atoms with E-state index in [0.717, 1.165) is 0 Å². The van der Waals surface area contributed by atoms with Crippen LogP contribution in [0.15, 0.2) is 0 Å². The third-order valence-corrected chi connectivity index (χ3v) is 2.36. The van der Waals surface area contributed by atoms with Crippen LogP contribution in [0.1, 0.15) is 6.42 Å². The topological polar surface area (TPSA) is 110 Å². The summed E-state index contributed by atoms with van der Waals surface area (Å²) in [5.41, 5.74) is 0. The summed E-state index contributed by atoms with van der Waals surface area (Å²) >= 11 is 0. The summed E-state index contributed by atoms with van der Waals surface area (Å²) in [6, 6.07) is 0. The van der Waals surface area contributed by atoms with E-state index in [9.17, 15) is 13.2 Å². The Balaban J connectivity index is 2.68. The van der Waals surface area contributed by atoms with Crippen molar-refractivity contribution in [2.45, 2.75) is 12.5 Å². The lowest BCUT2D eigenvalue weighted by Crippen LogP contribution is -2.40. The summed E-state index contributed by atoms with van der Waals surface area (Å²) in [7, 11) is -4.63. The van der Waals surface area contributed by atoms with Crippen molar-refractivity contribution in [3.63, 3.8) is 0 Å². The van der Waals surface area contributed by atoms with Crippen LogP contribution < -0.4 is 0 Å². The van der Waals surface area contributed by atoms with Crippen molar-refractivity contribution in [3.8, 4) is 0 Å². The third kappa shape index (κ3) is 3.22. The minimum atomic E-state index is -4.63. The molecule has 1 saturated heterocycles. The fourth-order valence-electron chi connectivity index (χ4n) is 1.25. The zero-order valence-electron chi connectivity index (χ0n) is 7.12. The molecule has 0 amide bonds. The maximum Gasteiger partial charge on any atom is 0.397 e. The van der Waals surface area contributed by atoms with E-state index in [1.807, 2.05) is 0 Å². The molecule has 2 unspecified atom stereocenters. The molecule has 14 heavy (non-hydrogen) atoms. The first-order valence-electron chi connectivity index (χ1n) is 3.86. The van der Waals surface area contributed by atoms with E-state index in [1.54, 1.807) is 0 Å². The Bertz CT molecular complexity index is 308. The fraction of sp³-hybridized carbons (Fsp3) is 0.833. The fourth-order valence-corrected chi connectivity index (χ4v) is 1.75.